The Bertz CT molecular complexity index is 563. The molecule has 108 valence electrons. The quantitative estimate of drug-likeness (QED) is 0.479. The van der Waals surface area contributed by atoms with Crippen molar-refractivity contribution in [2.75, 3.05) is 0 Å². The predicted molar refractivity (Wildman–Crippen MR) is 73.8 cm³/mol. The average Bonchev–Trinajstić information content (AvgIpc) is 2.50. The molecule has 1 heterocycles. The van der Waals surface area contributed by atoms with E-state index >= 15 is 0 Å². The Balaban J connectivity index is 2.41. The fourth-order valence-electron chi connectivity index (χ4n) is 1.84. The van der Waals surface area contributed by atoms with Crippen molar-refractivity contribution in [1.82, 2.24) is 0 Å². The van der Waals surface area contributed by atoms with Crippen LogP contribution in [0.1, 0.15) is 27.7 Å². The number of hydrogen-bond acceptors (Lipinski definition) is 4. The van der Waals surface area contributed by atoms with Gasteiger partial charge >= 0.3 is 7.12 Å². The van der Waals surface area contributed by atoms with Crippen LogP contribution in [0.5, 0.6) is 0 Å². The normalized spacial score (nSPS) is 20.2. The Labute approximate surface area is 121 Å². The van der Waals surface area contributed by atoms with Crippen molar-refractivity contribution < 1.29 is 18.6 Å². The summed E-state index contributed by atoms with van der Waals surface area (Å²) in [5.41, 5.74) is -1.68. The van der Waals surface area contributed by atoms with E-state index in [1.54, 1.807) is 0 Å². The third-order valence-electron chi connectivity index (χ3n) is 3.77. The summed E-state index contributed by atoms with van der Waals surface area (Å²) in [7, 11) is -0.946. The van der Waals surface area contributed by atoms with E-state index in [9.17, 15) is 14.5 Å². The Morgan fingerprint density at radius 2 is 1.75 bits per heavy atom. The molecule has 1 aliphatic heterocycles. The zero-order valence-electron chi connectivity index (χ0n) is 11.6. The van der Waals surface area contributed by atoms with Crippen molar-refractivity contribution in [3.05, 3.63) is 33.1 Å². The van der Waals surface area contributed by atoms with Gasteiger partial charge in [0.05, 0.1) is 22.2 Å². The van der Waals surface area contributed by atoms with Gasteiger partial charge in [-0.25, -0.2) is 4.39 Å². The second-order valence-electron chi connectivity index (χ2n) is 5.67. The van der Waals surface area contributed by atoms with Gasteiger partial charge in [-0.3, -0.25) is 10.1 Å². The first-order valence-corrected chi connectivity index (χ1v) is 6.42. The molecule has 0 aromatic heterocycles. The summed E-state index contributed by atoms with van der Waals surface area (Å²) in [5.74, 6) is -0.778. The van der Waals surface area contributed by atoms with Crippen LogP contribution >= 0.6 is 11.6 Å². The van der Waals surface area contributed by atoms with Gasteiger partial charge in [0.1, 0.15) is 10.8 Å². The van der Waals surface area contributed by atoms with Crippen LogP contribution in [-0.4, -0.2) is 23.2 Å². The summed E-state index contributed by atoms with van der Waals surface area (Å²) in [6.07, 6.45) is 0. The lowest BCUT2D eigenvalue weighted by Gasteiger charge is -2.32. The molecule has 0 saturated carbocycles. The highest BCUT2D eigenvalue weighted by molar-refractivity contribution is 6.62. The molecule has 0 aliphatic carbocycles. The number of rotatable bonds is 2. The lowest BCUT2D eigenvalue weighted by Crippen LogP contribution is -2.41. The lowest BCUT2D eigenvalue weighted by atomic mass is 9.78. The second-order valence-corrected chi connectivity index (χ2v) is 6.08. The zero-order chi connectivity index (χ0) is 15.3. The molecule has 0 N–H and O–H groups in total. The molecule has 0 radical (unpaired) electrons. The predicted octanol–water partition coefficient (Wildman–Crippen LogP) is 2.69. The lowest BCUT2D eigenvalue weighted by molar-refractivity contribution is -0.384. The molecule has 1 fully saturated rings. The average molecular weight is 302 g/mol. The van der Waals surface area contributed by atoms with E-state index in [1.807, 2.05) is 27.7 Å². The minimum absolute atomic E-state index is 0.0549. The molecule has 1 saturated heterocycles. The van der Waals surface area contributed by atoms with Gasteiger partial charge in [-0.1, -0.05) is 11.6 Å². The van der Waals surface area contributed by atoms with Gasteiger partial charge in [0.2, 0.25) is 0 Å². The minimum atomic E-state index is -0.946. The summed E-state index contributed by atoms with van der Waals surface area (Å²) in [5, 5.41) is 10.6. The first-order valence-electron chi connectivity index (χ1n) is 6.04. The molecule has 1 aromatic rings. The Morgan fingerprint density at radius 1 is 1.25 bits per heavy atom. The standard InChI is InChI=1S/C12H14BClFNO4/c1-11(2)12(3,4)20-13(19-11)7-5-8(14)10(16(17)18)6-9(7)15/h5-6H,1-4H3. The zero-order valence-corrected chi connectivity index (χ0v) is 12.3. The van der Waals surface area contributed by atoms with Crippen LogP contribution in [0.2, 0.25) is 5.02 Å². The first-order chi connectivity index (χ1) is 9.05. The Morgan fingerprint density at radius 3 is 2.20 bits per heavy atom. The smallest absolute Gasteiger partial charge is 0.399 e. The van der Waals surface area contributed by atoms with Gasteiger partial charge in [0.15, 0.2) is 0 Å². The van der Waals surface area contributed by atoms with Gasteiger partial charge in [-0.2, -0.15) is 0 Å². The van der Waals surface area contributed by atoms with Gasteiger partial charge in [0.25, 0.3) is 5.69 Å². The maximum Gasteiger partial charge on any atom is 0.497 e. The van der Waals surface area contributed by atoms with Gasteiger partial charge in [0, 0.05) is 5.46 Å². The molecule has 5 nitrogen and oxygen atoms in total. The van der Waals surface area contributed by atoms with Crippen LogP contribution in [0.25, 0.3) is 0 Å². The number of halogens is 2. The third kappa shape index (κ3) is 2.41. The summed E-state index contributed by atoms with van der Waals surface area (Å²) in [4.78, 5) is 9.97. The van der Waals surface area contributed by atoms with E-state index in [-0.39, 0.29) is 10.5 Å². The van der Waals surface area contributed by atoms with E-state index in [0.717, 1.165) is 6.07 Å². The van der Waals surface area contributed by atoms with E-state index in [0.29, 0.717) is 0 Å². The number of benzene rings is 1. The fourth-order valence-corrected chi connectivity index (χ4v) is 2.08. The highest BCUT2D eigenvalue weighted by atomic mass is 35.5. The van der Waals surface area contributed by atoms with Crippen LogP contribution in [0.15, 0.2) is 12.1 Å². The van der Waals surface area contributed by atoms with Crippen LogP contribution in [0.3, 0.4) is 0 Å². The monoisotopic (exact) mass is 301 g/mol. The fraction of sp³-hybridized carbons (Fsp3) is 0.500. The van der Waals surface area contributed by atoms with Crippen molar-refractivity contribution in [2.24, 2.45) is 0 Å². The van der Waals surface area contributed by atoms with E-state index in [1.165, 1.54) is 6.07 Å². The van der Waals surface area contributed by atoms with Crippen molar-refractivity contribution in [3.63, 3.8) is 0 Å². The SMILES string of the molecule is CC1(C)OB(c2cc(Cl)c([N+](=O)[O-])cc2F)OC1(C)C. The first kappa shape index (κ1) is 15.2. The highest BCUT2D eigenvalue weighted by Crippen LogP contribution is 2.37. The third-order valence-corrected chi connectivity index (χ3v) is 4.07. The molecule has 0 amide bonds. The Hall–Kier alpha value is -1.18. The van der Waals surface area contributed by atoms with Crippen LogP contribution in [0, 0.1) is 15.9 Å². The number of nitrogens with zero attached hydrogens (tertiary/aromatic N) is 1. The molecule has 1 aromatic carbocycles. The van der Waals surface area contributed by atoms with Crippen molar-refractivity contribution in [2.45, 2.75) is 38.9 Å². The van der Waals surface area contributed by atoms with Gasteiger partial charge in [-0.05, 0) is 33.8 Å². The summed E-state index contributed by atoms with van der Waals surface area (Å²) >= 11 is 5.80. The van der Waals surface area contributed by atoms with Crippen LogP contribution < -0.4 is 5.46 Å². The van der Waals surface area contributed by atoms with E-state index < -0.39 is 34.7 Å². The maximum absolute atomic E-state index is 14.0. The number of nitro benzene ring substituents is 1. The van der Waals surface area contributed by atoms with E-state index in [2.05, 4.69) is 0 Å². The summed E-state index contributed by atoms with van der Waals surface area (Å²) in [6, 6.07) is 1.96. The molecule has 0 bridgehead atoms. The van der Waals surface area contributed by atoms with Crippen molar-refractivity contribution in [1.29, 1.82) is 0 Å². The molecule has 20 heavy (non-hydrogen) atoms. The molecule has 0 spiro atoms. The molecular formula is C12H14BClFNO4. The van der Waals surface area contributed by atoms with E-state index in [4.69, 9.17) is 20.9 Å². The molecule has 8 heteroatoms. The number of hydrogen-bond donors (Lipinski definition) is 0. The minimum Gasteiger partial charge on any atom is -0.399 e. The molecule has 0 unspecified atom stereocenters. The second kappa shape index (κ2) is 4.68. The van der Waals surface area contributed by atoms with Crippen molar-refractivity contribution >= 4 is 29.9 Å². The molecule has 1 aliphatic rings. The topological polar surface area (TPSA) is 61.6 Å². The van der Waals surface area contributed by atoms with Gasteiger partial charge < -0.3 is 9.31 Å². The van der Waals surface area contributed by atoms with Crippen LogP contribution in [-0.2, 0) is 9.31 Å². The largest absolute Gasteiger partial charge is 0.497 e. The van der Waals surface area contributed by atoms with Gasteiger partial charge in [-0.15, -0.1) is 0 Å². The van der Waals surface area contributed by atoms with Crippen molar-refractivity contribution in [3.8, 4) is 0 Å². The highest BCUT2D eigenvalue weighted by Gasteiger charge is 2.52. The number of nitro groups is 1. The Kier molecular flexibility index (Phi) is 3.56. The summed E-state index contributed by atoms with van der Waals surface area (Å²) in [6.45, 7) is 7.33. The van der Waals surface area contributed by atoms with Crippen LogP contribution in [0.4, 0.5) is 10.1 Å². The summed E-state index contributed by atoms with van der Waals surface area (Å²) < 4.78 is 25.4. The maximum atomic E-state index is 14.0. The molecule has 0 atom stereocenters. The molecular weight excluding hydrogens is 287 g/mol. The molecule has 2 rings (SSSR count).